The van der Waals surface area contributed by atoms with Gasteiger partial charge in [0.25, 0.3) is 20.2 Å². The van der Waals surface area contributed by atoms with Gasteiger partial charge in [0, 0.05) is 9.06 Å². The minimum Gasteiger partial charge on any atom is -0.282 e. The fraction of sp³-hybridized carbons (Fsp3) is 0. The van der Waals surface area contributed by atoms with Gasteiger partial charge in [0.1, 0.15) is 0 Å². The zero-order valence-electron chi connectivity index (χ0n) is 14.0. The van der Waals surface area contributed by atoms with Crippen LogP contribution in [0.3, 0.4) is 0 Å². The molecule has 1 aromatic carbocycles. The van der Waals surface area contributed by atoms with E-state index in [1.54, 1.807) is 6.08 Å². The Kier molecular flexibility index (Phi) is 5.74. The molecule has 2 rings (SSSR count). The molecule has 0 fully saturated rings. The van der Waals surface area contributed by atoms with Crippen molar-refractivity contribution in [1.82, 2.24) is 0 Å². The Bertz CT molecular complexity index is 1360. The van der Waals surface area contributed by atoms with Gasteiger partial charge in [0.2, 0.25) is 0 Å². The summed E-state index contributed by atoms with van der Waals surface area (Å²) in [5, 5.41) is 1.05. The zero-order chi connectivity index (χ0) is 20.6. The van der Waals surface area contributed by atoms with E-state index >= 15 is 0 Å². The molecule has 0 radical (unpaired) electrons. The number of rotatable bonds is 5. The lowest BCUT2D eigenvalue weighted by molar-refractivity contribution is 0.482. The second-order valence-electron chi connectivity index (χ2n) is 5.54. The average molecular weight is 425 g/mol. The van der Waals surface area contributed by atoms with E-state index in [0.717, 1.165) is 0 Å². The molecule has 1 heterocycles. The van der Waals surface area contributed by atoms with Gasteiger partial charge in [-0.05, 0) is 45.9 Å². The van der Waals surface area contributed by atoms with Crippen LogP contribution in [0, 0.1) is 0 Å². The fourth-order valence-corrected chi connectivity index (χ4v) is 4.03. The molecule has 0 amide bonds. The van der Waals surface area contributed by atoms with Gasteiger partial charge < -0.3 is 0 Å². The molecule has 27 heavy (non-hydrogen) atoms. The second-order valence-corrected chi connectivity index (χ2v) is 9.52. The van der Waals surface area contributed by atoms with Crippen molar-refractivity contribution in [2.45, 2.75) is 4.90 Å². The van der Waals surface area contributed by atoms with Crippen molar-refractivity contribution in [2.24, 2.45) is 0 Å². The molecule has 1 aromatic heterocycles. The Labute approximate surface area is 160 Å². The van der Waals surface area contributed by atoms with Crippen LogP contribution in [0.5, 0.6) is 0 Å². The van der Waals surface area contributed by atoms with E-state index in [1.165, 1.54) is 41.7 Å². The van der Waals surface area contributed by atoms with Crippen LogP contribution in [0.15, 0.2) is 47.2 Å². The van der Waals surface area contributed by atoms with Gasteiger partial charge in [-0.3, -0.25) is 9.11 Å². The molecule has 0 aliphatic rings. The van der Waals surface area contributed by atoms with Gasteiger partial charge in [-0.2, -0.15) is 16.8 Å². The molecule has 0 saturated heterocycles. The third kappa shape index (κ3) is 4.90. The maximum absolute atomic E-state index is 11.1. The molecular weight excluding hydrogens is 408 g/mol. The van der Waals surface area contributed by atoms with Crippen LogP contribution in [-0.4, -0.2) is 25.9 Å². The van der Waals surface area contributed by atoms with Crippen molar-refractivity contribution in [3.8, 4) is 0 Å². The molecule has 0 unspecified atom stereocenters. The van der Waals surface area contributed by atoms with Gasteiger partial charge in [0.15, 0.2) is 0 Å². The van der Waals surface area contributed by atoms with Gasteiger partial charge in [-0.15, -0.1) is 11.3 Å². The number of hydrogen-bond donors (Lipinski definition) is 2. The quantitative estimate of drug-likeness (QED) is 0.677. The highest BCUT2D eigenvalue weighted by molar-refractivity contribution is 7.90. The van der Waals surface area contributed by atoms with Gasteiger partial charge >= 0.3 is 0 Å². The van der Waals surface area contributed by atoms with Crippen LogP contribution in [0.1, 0.15) is 5.56 Å². The Hall–Kier alpha value is -2.30. The molecule has 0 atom stereocenters. The van der Waals surface area contributed by atoms with E-state index in [9.17, 15) is 16.8 Å². The van der Waals surface area contributed by atoms with Crippen molar-refractivity contribution in [2.75, 3.05) is 0 Å². The molecule has 9 heteroatoms. The molecule has 142 valence electrons. The smallest absolute Gasteiger partial charge is 0.282 e. The molecular formula is C18H16O6S3. The third-order valence-electron chi connectivity index (χ3n) is 3.63. The Morgan fingerprint density at radius 3 is 1.81 bits per heavy atom. The van der Waals surface area contributed by atoms with E-state index in [4.69, 9.17) is 9.11 Å². The molecule has 0 aliphatic carbocycles. The number of allylic oxidation sites excluding steroid dienone is 2. The summed E-state index contributed by atoms with van der Waals surface area (Å²) in [5.74, 6) is 0. The lowest BCUT2D eigenvalue weighted by Gasteiger charge is -2.01. The van der Waals surface area contributed by atoms with Crippen molar-refractivity contribution >= 4 is 62.5 Å². The highest BCUT2D eigenvalue weighted by atomic mass is 32.2. The first-order valence-electron chi connectivity index (χ1n) is 7.24. The normalized spacial score (nSPS) is 13.7. The highest BCUT2D eigenvalue weighted by Crippen LogP contribution is 2.17. The second kappa shape index (κ2) is 7.37. The van der Waals surface area contributed by atoms with Crippen LogP contribution in [0.4, 0.5) is 0 Å². The summed E-state index contributed by atoms with van der Waals surface area (Å²) in [7, 11) is -8.67. The maximum Gasteiger partial charge on any atom is 0.294 e. The molecule has 2 aromatic rings. The van der Waals surface area contributed by atoms with Gasteiger partial charge in [-0.25, -0.2) is 0 Å². The van der Waals surface area contributed by atoms with Crippen LogP contribution >= 0.6 is 11.3 Å². The molecule has 0 aliphatic heterocycles. The molecule has 6 nitrogen and oxygen atoms in total. The summed E-state index contributed by atoms with van der Waals surface area (Å²) < 4.78 is 63.6. The van der Waals surface area contributed by atoms with Crippen molar-refractivity contribution in [1.29, 1.82) is 0 Å². The monoisotopic (exact) mass is 424 g/mol. The summed E-state index contributed by atoms with van der Waals surface area (Å²) in [6, 6.07) is 5.50. The summed E-state index contributed by atoms with van der Waals surface area (Å²) in [6.07, 6.45) is 2.90. The van der Waals surface area contributed by atoms with Gasteiger partial charge in [0.05, 0.1) is 9.80 Å². The predicted molar refractivity (Wildman–Crippen MR) is 109 cm³/mol. The standard InChI is InChI=1S/C18H16O6S3/c1-11(15-5-7-16(8-6-15)27(22,23)24)9-17-13(3)14(4)18(25-17)10-12(2)26(19,20)21/h5-10H,1-4H2,(H,19,20,21)(H,22,23,24)/b17-9+,18-10+. The van der Waals surface area contributed by atoms with Crippen LogP contribution < -0.4 is 19.5 Å². The van der Waals surface area contributed by atoms with E-state index in [-0.39, 0.29) is 4.90 Å². The fourth-order valence-electron chi connectivity index (χ4n) is 2.08. The summed E-state index contributed by atoms with van der Waals surface area (Å²) in [4.78, 5) is -0.687. The first-order chi connectivity index (χ1) is 12.3. The molecule has 0 bridgehead atoms. The van der Waals surface area contributed by atoms with E-state index < -0.39 is 25.1 Å². The molecule has 0 spiro atoms. The van der Waals surface area contributed by atoms with Crippen molar-refractivity contribution < 1.29 is 25.9 Å². The Balaban J connectivity index is 2.52. The predicted octanol–water partition coefficient (Wildman–Crippen LogP) is 0.491. The summed E-state index contributed by atoms with van der Waals surface area (Å²) in [6.45, 7) is 15.0. The molecule has 0 saturated carbocycles. The zero-order valence-corrected chi connectivity index (χ0v) is 16.5. The third-order valence-corrected chi connectivity index (χ3v) is 6.45. The van der Waals surface area contributed by atoms with Crippen LogP contribution in [-0.2, 0) is 20.2 Å². The number of hydrogen-bond acceptors (Lipinski definition) is 5. The lowest BCUT2D eigenvalue weighted by atomic mass is 10.1. The number of thiophene rings is 1. The molecule has 2 N–H and O–H groups in total. The Morgan fingerprint density at radius 1 is 0.889 bits per heavy atom. The minimum absolute atomic E-state index is 0.228. The first kappa shape index (κ1) is 21.0. The number of benzene rings is 1. The average Bonchev–Trinajstić information content (AvgIpc) is 2.81. The van der Waals surface area contributed by atoms with E-state index in [1.807, 2.05) is 0 Å². The summed E-state index contributed by atoms with van der Waals surface area (Å²) in [5.41, 5.74) is 1.16. The largest absolute Gasteiger partial charge is 0.294 e. The van der Waals surface area contributed by atoms with Crippen LogP contribution in [0.2, 0.25) is 0 Å². The Morgan fingerprint density at radius 2 is 1.37 bits per heavy atom. The van der Waals surface area contributed by atoms with E-state index in [2.05, 4.69) is 26.3 Å². The first-order valence-corrected chi connectivity index (χ1v) is 10.9. The highest BCUT2D eigenvalue weighted by Gasteiger charge is 2.09. The summed E-state index contributed by atoms with van der Waals surface area (Å²) >= 11 is 1.19. The van der Waals surface area contributed by atoms with Crippen molar-refractivity contribution in [3.05, 3.63) is 67.4 Å². The van der Waals surface area contributed by atoms with Gasteiger partial charge in [-0.1, -0.05) is 38.4 Å². The van der Waals surface area contributed by atoms with Crippen molar-refractivity contribution in [3.63, 3.8) is 0 Å². The van der Waals surface area contributed by atoms with Crippen LogP contribution in [0.25, 0.3) is 30.9 Å². The topological polar surface area (TPSA) is 109 Å². The maximum atomic E-state index is 11.1. The SMILES string of the molecule is C=C(/C=c1/s/c(=C/C(=C)S(=O)(=O)O)c(=C)c1=C)c1ccc(S(=O)(=O)O)cc1. The lowest BCUT2D eigenvalue weighted by Crippen LogP contribution is -2.35. The van der Waals surface area contributed by atoms with E-state index in [0.29, 0.717) is 30.6 Å². The minimum atomic E-state index is -4.39.